The van der Waals surface area contributed by atoms with Gasteiger partial charge in [-0.15, -0.1) is 0 Å². The van der Waals surface area contributed by atoms with Gasteiger partial charge in [-0.1, -0.05) is 0 Å². The number of hydrogen-bond acceptors (Lipinski definition) is 4. The van der Waals surface area contributed by atoms with Crippen LogP contribution >= 0.6 is 15.9 Å². The number of carbonyl (C=O) groups excluding carboxylic acids is 1. The van der Waals surface area contributed by atoms with Gasteiger partial charge in [0.15, 0.2) is 0 Å². The Morgan fingerprint density at radius 3 is 2.65 bits per heavy atom. The number of aromatic nitrogens is 2. The quantitative estimate of drug-likeness (QED) is 0.890. The predicted molar refractivity (Wildman–Crippen MR) is 65.8 cm³/mol. The third-order valence-corrected chi connectivity index (χ3v) is 2.67. The van der Waals surface area contributed by atoms with Crippen LogP contribution in [0.2, 0.25) is 0 Å². The fraction of sp³-hybridized carbons (Fsp3) is 0. The van der Waals surface area contributed by atoms with Gasteiger partial charge in [0.05, 0.1) is 4.47 Å². The molecule has 86 valence electrons. The number of anilines is 1. The number of halogens is 1. The van der Waals surface area contributed by atoms with Gasteiger partial charge in [0.1, 0.15) is 5.75 Å². The molecular formula is C11H8BrN3O2. The van der Waals surface area contributed by atoms with Crippen LogP contribution in [0.4, 0.5) is 5.95 Å². The maximum absolute atomic E-state index is 11.8. The van der Waals surface area contributed by atoms with Crippen LogP contribution in [0, 0.1) is 0 Å². The van der Waals surface area contributed by atoms with Crippen molar-refractivity contribution in [2.75, 3.05) is 5.32 Å². The average Bonchev–Trinajstić information content (AvgIpc) is 2.34. The topological polar surface area (TPSA) is 75.1 Å². The molecule has 17 heavy (non-hydrogen) atoms. The van der Waals surface area contributed by atoms with Crippen LogP contribution in [0.1, 0.15) is 10.4 Å². The zero-order valence-electron chi connectivity index (χ0n) is 8.59. The van der Waals surface area contributed by atoms with Crippen molar-refractivity contribution in [1.82, 2.24) is 9.97 Å². The number of aromatic hydroxyl groups is 1. The second-order valence-electron chi connectivity index (χ2n) is 3.19. The van der Waals surface area contributed by atoms with Crippen molar-refractivity contribution in [2.24, 2.45) is 0 Å². The first kappa shape index (κ1) is 11.5. The van der Waals surface area contributed by atoms with E-state index in [4.69, 9.17) is 0 Å². The highest BCUT2D eigenvalue weighted by molar-refractivity contribution is 9.10. The first-order valence-corrected chi connectivity index (χ1v) is 5.53. The summed E-state index contributed by atoms with van der Waals surface area (Å²) in [5.41, 5.74) is 0.332. The molecule has 0 saturated carbocycles. The molecular weight excluding hydrogens is 286 g/mol. The Morgan fingerprint density at radius 2 is 2.00 bits per heavy atom. The first-order chi connectivity index (χ1) is 8.16. The summed E-state index contributed by atoms with van der Waals surface area (Å²) in [7, 11) is 0. The molecule has 0 aliphatic carbocycles. The highest BCUT2D eigenvalue weighted by atomic mass is 79.9. The largest absolute Gasteiger partial charge is 0.507 e. The molecule has 0 atom stereocenters. The smallest absolute Gasteiger partial charge is 0.258 e. The molecule has 1 heterocycles. The standard InChI is InChI=1S/C11H8BrN3O2/c12-8-3-2-7(6-9(8)16)10(17)15-11-13-4-1-5-14-11/h1-6,16H,(H,13,14,15,17). The lowest BCUT2D eigenvalue weighted by molar-refractivity contribution is 0.102. The fourth-order valence-corrected chi connectivity index (χ4v) is 1.44. The van der Waals surface area contributed by atoms with Gasteiger partial charge in [0.25, 0.3) is 5.91 Å². The second-order valence-corrected chi connectivity index (χ2v) is 4.05. The van der Waals surface area contributed by atoms with Crippen LogP contribution < -0.4 is 5.32 Å². The Bertz CT molecular complexity index is 546. The van der Waals surface area contributed by atoms with E-state index in [2.05, 4.69) is 31.2 Å². The highest BCUT2D eigenvalue weighted by Gasteiger charge is 2.09. The Hall–Kier alpha value is -1.95. The zero-order chi connectivity index (χ0) is 12.3. The SMILES string of the molecule is O=C(Nc1ncccn1)c1ccc(Br)c(O)c1. The molecule has 1 aromatic carbocycles. The number of phenols is 1. The molecule has 2 aromatic rings. The molecule has 0 saturated heterocycles. The molecule has 6 heteroatoms. The molecule has 0 aliphatic heterocycles. The highest BCUT2D eigenvalue weighted by Crippen LogP contribution is 2.24. The molecule has 0 fully saturated rings. The third-order valence-electron chi connectivity index (χ3n) is 2.00. The lowest BCUT2D eigenvalue weighted by Crippen LogP contribution is -2.13. The van der Waals surface area contributed by atoms with Crippen molar-refractivity contribution < 1.29 is 9.90 Å². The molecule has 0 spiro atoms. The normalized spacial score (nSPS) is 9.94. The molecule has 5 nitrogen and oxygen atoms in total. The van der Waals surface area contributed by atoms with Gasteiger partial charge in [-0.25, -0.2) is 9.97 Å². The second kappa shape index (κ2) is 4.92. The summed E-state index contributed by atoms with van der Waals surface area (Å²) in [5, 5.41) is 12.0. The van der Waals surface area contributed by atoms with Gasteiger partial charge in [-0.2, -0.15) is 0 Å². The van der Waals surface area contributed by atoms with E-state index < -0.39 is 0 Å². The Kier molecular flexibility index (Phi) is 3.34. The maximum atomic E-state index is 11.8. The van der Waals surface area contributed by atoms with Crippen molar-refractivity contribution in [2.45, 2.75) is 0 Å². The van der Waals surface area contributed by atoms with Gasteiger partial charge in [0, 0.05) is 18.0 Å². The minimum atomic E-state index is -0.376. The van der Waals surface area contributed by atoms with Crippen molar-refractivity contribution >= 4 is 27.8 Å². The number of phenolic OH excluding ortho intramolecular Hbond substituents is 1. The van der Waals surface area contributed by atoms with E-state index in [1.165, 1.54) is 18.5 Å². The lowest BCUT2D eigenvalue weighted by atomic mass is 10.2. The van der Waals surface area contributed by atoms with Crippen LogP contribution in [0.15, 0.2) is 41.1 Å². The molecule has 0 unspecified atom stereocenters. The number of benzene rings is 1. The van der Waals surface area contributed by atoms with Crippen molar-refractivity contribution in [3.63, 3.8) is 0 Å². The maximum Gasteiger partial charge on any atom is 0.258 e. The van der Waals surface area contributed by atoms with Crippen LogP contribution in [-0.2, 0) is 0 Å². The summed E-state index contributed by atoms with van der Waals surface area (Å²) in [5.74, 6) is -0.148. The van der Waals surface area contributed by atoms with E-state index in [1.54, 1.807) is 18.2 Å². The van der Waals surface area contributed by atoms with Gasteiger partial charge in [0.2, 0.25) is 5.95 Å². The summed E-state index contributed by atoms with van der Waals surface area (Å²) in [6.45, 7) is 0. The Balaban J connectivity index is 2.18. The Labute approximate surface area is 106 Å². The molecule has 1 amide bonds. The molecule has 0 bridgehead atoms. The number of hydrogen-bond donors (Lipinski definition) is 2. The monoisotopic (exact) mass is 293 g/mol. The number of nitrogens with zero attached hydrogens (tertiary/aromatic N) is 2. The minimum Gasteiger partial charge on any atom is -0.507 e. The molecule has 0 aliphatic rings. The molecule has 0 radical (unpaired) electrons. The summed E-state index contributed by atoms with van der Waals surface area (Å²) in [6.07, 6.45) is 3.06. The van der Waals surface area contributed by atoms with Crippen LogP contribution in [0.5, 0.6) is 5.75 Å². The zero-order valence-corrected chi connectivity index (χ0v) is 10.2. The van der Waals surface area contributed by atoms with Crippen LogP contribution in [0.3, 0.4) is 0 Å². The van der Waals surface area contributed by atoms with Crippen LogP contribution in [0.25, 0.3) is 0 Å². The number of nitrogens with one attached hydrogen (secondary N) is 1. The summed E-state index contributed by atoms with van der Waals surface area (Å²) in [6, 6.07) is 6.20. The third kappa shape index (κ3) is 2.79. The summed E-state index contributed by atoms with van der Waals surface area (Å²) >= 11 is 3.14. The van der Waals surface area contributed by atoms with E-state index >= 15 is 0 Å². The fourth-order valence-electron chi connectivity index (χ4n) is 1.19. The van der Waals surface area contributed by atoms with Crippen molar-refractivity contribution in [3.05, 3.63) is 46.7 Å². The lowest BCUT2D eigenvalue weighted by Gasteiger charge is -2.04. The van der Waals surface area contributed by atoms with Gasteiger partial charge in [-0.3, -0.25) is 10.1 Å². The summed E-state index contributed by atoms with van der Waals surface area (Å²) in [4.78, 5) is 19.5. The Morgan fingerprint density at radius 1 is 1.29 bits per heavy atom. The summed E-state index contributed by atoms with van der Waals surface area (Å²) < 4.78 is 0.532. The van der Waals surface area contributed by atoms with Gasteiger partial charge in [-0.05, 0) is 40.2 Å². The van der Waals surface area contributed by atoms with Gasteiger partial charge >= 0.3 is 0 Å². The molecule has 2 rings (SSSR count). The molecule has 2 N–H and O–H groups in total. The van der Waals surface area contributed by atoms with Crippen molar-refractivity contribution in [1.29, 1.82) is 0 Å². The van der Waals surface area contributed by atoms with Crippen molar-refractivity contribution in [3.8, 4) is 5.75 Å². The van der Waals surface area contributed by atoms with Gasteiger partial charge < -0.3 is 5.11 Å². The van der Waals surface area contributed by atoms with E-state index in [1.807, 2.05) is 0 Å². The average molecular weight is 294 g/mol. The van der Waals surface area contributed by atoms with Crippen LogP contribution in [-0.4, -0.2) is 21.0 Å². The first-order valence-electron chi connectivity index (χ1n) is 4.74. The number of carbonyl (C=O) groups is 1. The van der Waals surface area contributed by atoms with E-state index in [0.717, 1.165) is 0 Å². The number of amides is 1. The minimum absolute atomic E-state index is 0.00614. The van der Waals surface area contributed by atoms with E-state index in [-0.39, 0.29) is 17.6 Å². The molecule has 1 aromatic heterocycles. The number of rotatable bonds is 2. The predicted octanol–water partition coefficient (Wildman–Crippen LogP) is 2.20. The van der Waals surface area contributed by atoms with E-state index in [0.29, 0.717) is 10.0 Å². The van der Waals surface area contributed by atoms with E-state index in [9.17, 15) is 9.90 Å².